The smallest absolute Gasteiger partial charge is 0.240 e. The van der Waals surface area contributed by atoms with Gasteiger partial charge >= 0.3 is 0 Å². The molecule has 1 rings (SSSR count). The van der Waals surface area contributed by atoms with E-state index in [2.05, 4.69) is 4.72 Å². The summed E-state index contributed by atoms with van der Waals surface area (Å²) in [4.78, 5) is 0.229. The summed E-state index contributed by atoms with van der Waals surface area (Å²) in [7, 11) is -3.49. The summed E-state index contributed by atoms with van der Waals surface area (Å²) in [5.41, 5.74) is 0.703. The minimum atomic E-state index is -3.49. The van der Waals surface area contributed by atoms with Gasteiger partial charge < -0.3 is 5.11 Å². The monoisotopic (exact) mass is 285 g/mol. The van der Waals surface area contributed by atoms with E-state index in [0.717, 1.165) is 6.42 Å². The molecule has 0 radical (unpaired) electrons. The fraction of sp³-hybridized carbons (Fsp3) is 0.571. The van der Waals surface area contributed by atoms with Crippen LogP contribution in [0.2, 0.25) is 0 Å². The van der Waals surface area contributed by atoms with E-state index < -0.39 is 16.1 Å². The molecule has 0 fully saturated rings. The summed E-state index contributed by atoms with van der Waals surface area (Å²) >= 11 is 0. The maximum absolute atomic E-state index is 12.2. The van der Waals surface area contributed by atoms with E-state index in [4.69, 9.17) is 0 Å². The maximum Gasteiger partial charge on any atom is 0.240 e. The van der Waals surface area contributed by atoms with Crippen molar-refractivity contribution < 1.29 is 13.5 Å². The topological polar surface area (TPSA) is 66.4 Å². The van der Waals surface area contributed by atoms with Crippen molar-refractivity contribution in [3.8, 4) is 0 Å². The predicted octanol–water partition coefficient (Wildman–Crippen LogP) is 2.45. The molecule has 0 aliphatic rings. The maximum atomic E-state index is 12.2. The highest BCUT2D eigenvalue weighted by molar-refractivity contribution is 7.89. The summed E-state index contributed by atoms with van der Waals surface area (Å²) in [6.45, 7) is 7.57. The highest BCUT2D eigenvalue weighted by atomic mass is 32.2. The summed E-state index contributed by atoms with van der Waals surface area (Å²) in [5, 5.41) is 9.40. The van der Waals surface area contributed by atoms with E-state index in [9.17, 15) is 13.5 Å². The molecule has 0 saturated heterocycles. The predicted molar refractivity (Wildman–Crippen MR) is 76.3 cm³/mol. The van der Waals surface area contributed by atoms with Gasteiger partial charge in [-0.15, -0.1) is 0 Å². The molecule has 0 spiro atoms. The van der Waals surface area contributed by atoms with Crippen molar-refractivity contribution in [2.75, 3.05) is 0 Å². The van der Waals surface area contributed by atoms with E-state index in [0.29, 0.717) is 5.56 Å². The average Bonchev–Trinajstić information content (AvgIpc) is 2.37. The van der Waals surface area contributed by atoms with E-state index in [-0.39, 0.29) is 16.9 Å². The van der Waals surface area contributed by atoms with Crippen LogP contribution in [0.4, 0.5) is 0 Å². The molecule has 0 aromatic heterocycles. The van der Waals surface area contributed by atoms with Crippen LogP contribution in [-0.4, -0.2) is 19.6 Å². The second-order valence-electron chi connectivity index (χ2n) is 5.04. The van der Waals surface area contributed by atoms with Gasteiger partial charge in [0.25, 0.3) is 0 Å². The molecule has 19 heavy (non-hydrogen) atoms. The van der Waals surface area contributed by atoms with Gasteiger partial charge in [0.2, 0.25) is 10.0 Å². The SMILES string of the molecule is CCC(C)C(C)NS(=O)(=O)c1ccc(C(C)O)cc1. The quantitative estimate of drug-likeness (QED) is 0.843. The number of aliphatic hydroxyl groups is 1. The Labute approximate surface area is 115 Å². The Morgan fingerprint density at radius 2 is 1.68 bits per heavy atom. The van der Waals surface area contributed by atoms with Crippen LogP contribution in [0.15, 0.2) is 29.2 Å². The van der Waals surface area contributed by atoms with Gasteiger partial charge in [-0.2, -0.15) is 0 Å². The van der Waals surface area contributed by atoms with Crippen LogP contribution in [-0.2, 0) is 10.0 Å². The largest absolute Gasteiger partial charge is 0.389 e. The third-order valence-corrected chi connectivity index (χ3v) is 5.09. The van der Waals surface area contributed by atoms with Crippen LogP contribution in [0.5, 0.6) is 0 Å². The number of rotatable bonds is 6. The van der Waals surface area contributed by atoms with Crippen molar-refractivity contribution in [2.24, 2.45) is 5.92 Å². The zero-order chi connectivity index (χ0) is 14.6. The Hall–Kier alpha value is -0.910. The fourth-order valence-electron chi connectivity index (χ4n) is 1.71. The first kappa shape index (κ1) is 16.1. The van der Waals surface area contributed by atoms with E-state index >= 15 is 0 Å². The molecule has 3 atom stereocenters. The zero-order valence-corrected chi connectivity index (χ0v) is 12.7. The number of aliphatic hydroxyl groups excluding tert-OH is 1. The number of hydrogen-bond donors (Lipinski definition) is 2. The molecule has 1 aromatic rings. The molecule has 0 saturated carbocycles. The first-order valence-electron chi connectivity index (χ1n) is 6.58. The first-order chi connectivity index (χ1) is 8.77. The van der Waals surface area contributed by atoms with Gasteiger partial charge in [-0.1, -0.05) is 32.4 Å². The molecule has 0 amide bonds. The number of benzene rings is 1. The van der Waals surface area contributed by atoms with Crippen LogP contribution >= 0.6 is 0 Å². The minimum Gasteiger partial charge on any atom is -0.389 e. The van der Waals surface area contributed by atoms with Crippen molar-refractivity contribution in [3.63, 3.8) is 0 Å². The third kappa shape index (κ3) is 4.30. The fourth-order valence-corrected chi connectivity index (χ4v) is 3.06. The van der Waals surface area contributed by atoms with Gasteiger partial charge in [-0.3, -0.25) is 0 Å². The van der Waals surface area contributed by atoms with E-state index in [1.165, 1.54) is 12.1 Å². The van der Waals surface area contributed by atoms with Crippen LogP contribution in [0, 0.1) is 5.92 Å². The summed E-state index contributed by atoms with van der Waals surface area (Å²) in [6, 6.07) is 6.20. The highest BCUT2D eigenvalue weighted by Gasteiger charge is 2.20. The molecule has 3 unspecified atom stereocenters. The van der Waals surface area contributed by atoms with Gasteiger partial charge in [0.1, 0.15) is 0 Å². The molecule has 0 aliphatic heterocycles. The van der Waals surface area contributed by atoms with Crippen molar-refractivity contribution >= 4 is 10.0 Å². The van der Waals surface area contributed by atoms with Crippen molar-refractivity contribution in [1.82, 2.24) is 4.72 Å². The molecule has 0 heterocycles. The number of nitrogens with one attached hydrogen (secondary N) is 1. The van der Waals surface area contributed by atoms with Gasteiger partial charge in [0.15, 0.2) is 0 Å². The van der Waals surface area contributed by atoms with E-state index in [1.54, 1.807) is 19.1 Å². The van der Waals surface area contributed by atoms with Gasteiger partial charge in [0, 0.05) is 6.04 Å². The third-order valence-electron chi connectivity index (χ3n) is 3.51. The Morgan fingerprint density at radius 3 is 2.11 bits per heavy atom. The standard InChI is InChI=1S/C14H23NO3S/c1-5-10(2)11(3)15-19(17,18)14-8-6-13(7-9-14)12(4)16/h6-12,15-16H,5H2,1-4H3. The lowest BCUT2D eigenvalue weighted by Crippen LogP contribution is -2.36. The van der Waals surface area contributed by atoms with Gasteiger partial charge in [-0.25, -0.2) is 13.1 Å². The number of hydrogen-bond acceptors (Lipinski definition) is 3. The lowest BCUT2D eigenvalue weighted by molar-refractivity contribution is 0.199. The molecule has 108 valence electrons. The second kappa shape index (κ2) is 6.50. The Morgan fingerprint density at radius 1 is 1.16 bits per heavy atom. The molecule has 4 nitrogen and oxygen atoms in total. The number of sulfonamides is 1. The first-order valence-corrected chi connectivity index (χ1v) is 8.06. The molecule has 1 aromatic carbocycles. The van der Waals surface area contributed by atoms with Gasteiger partial charge in [0.05, 0.1) is 11.0 Å². The van der Waals surface area contributed by atoms with Gasteiger partial charge in [-0.05, 0) is 37.5 Å². The lowest BCUT2D eigenvalue weighted by atomic mass is 10.0. The lowest BCUT2D eigenvalue weighted by Gasteiger charge is -2.20. The normalized spacial score (nSPS) is 16.9. The second-order valence-corrected chi connectivity index (χ2v) is 6.75. The highest BCUT2D eigenvalue weighted by Crippen LogP contribution is 2.17. The summed E-state index contributed by atoms with van der Waals surface area (Å²) in [6.07, 6.45) is 0.328. The van der Waals surface area contributed by atoms with Crippen LogP contribution < -0.4 is 4.72 Å². The van der Waals surface area contributed by atoms with Crippen LogP contribution in [0.25, 0.3) is 0 Å². The Bertz CT molecular complexity index is 494. The molecular weight excluding hydrogens is 262 g/mol. The summed E-state index contributed by atoms with van der Waals surface area (Å²) < 4.78 is 27.0. The molecule has 0 bridgehead atoms. The van der Waals surface area contributed by atoms with Crippen LogP contribution in [0.3, 0.4) is 0 Å². The van der Waals surface area contributed by atoms with Crippen molar-refractivity contribution in [2.45, 2.75) is 51.2 Å². The average molecular weight is 285 g/mol. The zero-order valence-electron chi connectivity index (χ0n) is 11.9. The Kier molecular flexibility index (Phi) is 5.52. The minimum absolute atomic E-state index is 0.105. The van der Waals surface area contributed by atoms with Crippen molar-refractivity contribution in [3.05, 3.63) is 29.8 Å². The van der Waals surface area contributed by atoms with Crippen molar-refractivity contribution in [1.29, 1.82) is 0 Å². The van der Waals surface area contributed by atoms with Crippen LogP contribution in [0.1, 0.15) is 45.8 Å². The van der Waals surface area contributed by atoms with E-state index in [1.807, 2.05) is 20.8 Å². The molecule has 5 heteroatoms. The molecule has 2 N–H and O–H groups in total. The summed E-state index contributed by atoms with van der Waals surface area (Å²) in [5.74, 6) is 0.284. The molecule has 0 aliphatic carbocycles. The molecular formula is C14H23NO3S. The Balaban J connectivity index is 2.88.